The number of anilines is 1. The summed E-state index contributed by atoms with van der Waals surface area (Å²) in [4.78, 5) is 3.48. The molecule has 0 amide bonds. The van der Waals surface area contributed by atoms with Gasteiger partial charge in [-0.05, 0) is 22.0 Å². The highest BCUT2D eigenvalue weighted by Gasteiger charge is 2.33. The molecule has 0 radical (unpaired) electrons. The zero-order chi connectivity index (χ0) is 9.35. The molecule has 0 aliphatic rings. The van der Waals surface area contributed by atoms with Crippen LogP contribution in [0.1, 0.15) is 5.56 Å². The first-order valence-electron chi connectivity index (χ1n) is 2.89. The van der Waals surface area contributed by atoms with Crippen LogP contribution in [0.5, 0.6) is 0 Å². The van der Waals surface area contributed by atoms with Gasteiger partial charge in [0.25, 0.3) is 0 Å². The van der Waals surface area contributed by atoms with Crippen LogP contribution in [-0.4, -0.2) is 4.98 Å². The summed E-state index contributed by atoms with van der Waals surface area (Å²) in [5, 5.41) is 0. The number of rotatable bonds is 0. The first-order valence-corrected chi connectivity index (χ1v) is 3.69. The Kier molecular flexibility index (Phi) is 2.27. The van der Waals surface area contributed by atoms with Crippen molar-refractivity contribution in [3.8, 4) is 0 Å². The van der Waals surface area contributed by atoms with Crippen molar-refractivity contribution < 1.29 is 13.2 Å². The zero-order valence-corrected chi connectivity index (χ0v) is 7.28. The quantitative estimate of drug-likeness (QED) is 0.757. The van der Waals surface area contributed by atoms with Crippen LogP contribution >= 0.6 is 15.9 Å². The summed E-state index contributed by atoms with van der Waals surface area (Å²) in [6, 6.07) is 0.782. The van der Waals surface area contributed by atoms with Crippen molar-refractivity contribution in [1.29, 1.82) is 0 Å². The second-order valence-corrected chi connectivity index (χ2v) is 2.94. The summed E-state index contributed by atoms with van der Waals surface area (Å²) >= 11 is 2.73. The summed E-state index contributed by atoms with van der Waals surface area (Å²) in [6.45, 7) is 0. The fourth-order valence-corrected chi connectivity index (χ4v) is 1.11. The highest BCUT2D eigenvalue weighted by Crippen LogP contribution is 2.34. The lowest BCUT2D eigenvalue weighted by atomic mass is 10.2. The van der Waals surface area contributed by atoms with Crippen LogP contribution in [0, 0.1) is 0 Å². The van der Waals surface area contributed by atoms with E-state index in [4.69, 9.17) is 5.73 Å². The minimum atomic E-state index is -4.39. The summed E-state index contributed by atoms with van der Waals surface area (Å²) in [6.07, 6.45) is -3.37. The lowest BCUT2D eigenvalue weighted by Crippen LogP contribution is -2.07. The molecule has 0 saturated carbocycles. The van der Waals surface area contributed by atoms with E-state index in [0.717, 1.165) is 12.3 Å². The molecule has 66 valence electrons. The van der Waals surface area contributed by atoms with Crippen LogP contribution in [0.4, 0.5) is 19.0 Å². The van der Waals surface area contributed by atoms with Gasteiger partial charge in [0.15, 0.2) is 0 Å². The molecule has 0 bridgehead atoms. The first-order chi connectivity index (χ1) is 5.41. The number of aromatic nitrogens is 1. The lowest BCUT2D eigenvalue weighted by molar-refractivity contribution is -0.138. The Bertz CT molecular complexity index is 297. The third kappa shape index (κ3) is 1.88. The van der Waals surface area contributed by atoms with Gasteiger partial charge in [-0.15, -0.1) is 0 Å². The molecule has 0 fully saturated rings. The Morgan fingerprint density at radius 1 is 1.42 bits per heavy atom. The van der Waals surface area contributed by atoms with Crippen LogP contribution in [0.2, 0.25) is 0 Å². The van der Waals surface area contributed by atoms with Crippen molar-refractivity contribution in [3.63, 3.8) is 0 Å². The molecule has 2 N–H and O–H groups in total. The van der Waals surface area contributed by atoms with Crippen molar-refractivity contribution in [2.45, 2.75) is 6.18 Å². The minimum Gasteiger partial charge on any atom is -0.384 e. The number of hydrogen-bond acceptors (Lipinski definition) is 2. The molecular formula is C6H4BrF3N2. The average molecular weight is 241 g/mol. The number of hydrogen-bond donors (Lipinski definition) is 1. The first kappa shape index (κ1) is 9.31. The second kappa shape index (κ2) is 2.93. The Hall–Kier alpha value is -0.780. The van der Waals surface area contributed by atoms with E-state index < -0.39 is 11.7 Å². The third-order valence-electron chi connectivity index (χ3n) is 1.18. The fourth-order valence-electron chi connectivity index (χ4n) is 0.672. The molecule has 0 saturated heterocycles. The van der Waals surface area contributed by atoms with E-state index in [1.165, 1.54) is 0 Å². The van der Waals surface area contributed by atoms with Crippen molar-refractivity contribution in [2.24, 2.45) is 0 Å². The van der Waals surface area contributed by atoms with E-state index in [2.05, 4.69) is 20.9 Å². The Balaban J connectivity index is 3.23. The van der Waals surface area contributed by atoms with Crippen LogP contribution in [-0.2, 0) is 6.18 Å². The van der Waals surface area contributed by atoms with E-state index >= 15 is 0 Å². The summed E-state index contributed by atoms with van der Waals surface area (Å²) in [5.41, 5.74) is 4.28. The van der Waals surface area contributed by atoms with Crippen LogP contribution in [0.3, 0.4) is 0 Å². The van der Waals surface area contributed by atoms with Gasteiger partial charge in [-0.1, -0.05) is 0 Å². The summed E-state index contributed by atoms with van der Waals surface area (Å²) in [7, 11) is 0. The molecule has 1 rings (SSSR count). The van der Waals surface area contributed by atoms with E-state index in [9.17, 15) is 13.2 Å². The zero-order valence-electron chi connectivity index (χ0n) is 5.69. The van der Waals surface area contributed by atoms with Gasteiger partial charge in [0, 0.05) is 10.7 Å². The number of alkyl halides is 3. The third-order valence-corrected chi connectivity index (χ3v) is 1.81. The topological polar surface area (TPSA) is 38.9 Å². The molecule has 12 heavy (non-hydrogen) atoms. The van der Waals surface area contributed by atoms with Crippen molar-refractivity contribution in [2.75, 3.05) is 5.73 Å². The average Bonchev–Trinajstić information content (AvgIpc) is 1.92. The lowest BCUT2D eigenvalue weighted by Gasteiger charge is -2.08. The maximum atomic E-state index is 12.1. The van der Waals surface area contributed by atoms with Gasteiger partial charge >= 0.3 is 6.18 Å². The molecule has 0 atom stereocenters. The highest BCUT2D eigenvalue weighted by molar-refractivity contribution is 9.10. The maximum absolute atomic E-state index is 12.1. The predicted octanol–water partition coefficient (Wildman–Crippen LogP) is 2.45. The molecule has 0 aromatic carbocycles. The largest absolute Gasteiger partial charge is 0.417 e. The number of nitrogens with zero attached hydrogens (tertiary/aromatic N) is 1. The van der Waals surface area contributed by atoms with Gasteiger partial charge in [-0.2, -0.15) is 13.2 Å². The van der Waals surface area contributed by atoms with Crippen molar-refractivity contribution in [1.82, 2.24) is 4.98 Å². The molecule has 1 aromatic rings. The van der Waals surface area contributed by atoms with Gasteiger partial charge in [0.1, 0.15) is 5.82 Å². The Morgan fingerprint density at radius 2 is 2.00 bits per heavy atom. The number of halogens is 4. The molecule has 6 heteroatoms. The maximum Gasteiger partial charge on any atom is 0.417 e. The Morgan fingerprint density at radius 3 is 2.42 bits per heavy atom. The molecule has 1 heterocycles. The van der Waals surface area contributed by atoms with Crippen LogP contribution < -0.4 is 5.73 Å². The van der Waals surface area contributed by atoms with E-state index in [0.29, 0.717) is 0 Å². The van der Waals surface area contributed by atoms with E-state index in [-0.39, 0.29) is 10.3 Å². The molecule has 0 aliphatic heterocycles. The molecular weight excluding hydrogens is 237 g/mol. The normalized spacial score (nSPS) is 11.7. The fraction of sp³-hybridized carbons (Fsp3) is 0.167. The predicted molar refractivity (Wildman–Crippen MR) is 41.4 cm³/mol. The standard InChI is InChI=1S/C6H4BrF3N2/c7-4-2-12-5(11)1-3(4)6(8,9)10/h1-2H,(H2,11,12). The van der Waals surface area contributed by atoms with Crippen molar-refractivity contribution >= 4 is 21.7 Å². The molecule has 2 nitrogen and oxygen atoms in total. The molecule has 1 aromatic heterocycles. The SMILES string of the molecule is Nc1cc(C(F)(F)F)c(Br)cn1. The monoisotopic (exact) mass is 240 g/mol. The number of pyridine rings is 1. The van der Waals surface area contributed by atoms with E-state index in [1.807, 2.05) is 0 Å². The molecule has 0 spiro atoms. The molecule has 0 aliphatic carbocycles. The van der Waals surface area contributed by atoms with Gasteiger partial charge in [-0.3, -0.25) is 0 Å². The smallest absolute Gasteiger partial charge is 0.384 e. The van der Waals surface area contributed by atoms with Crippen LogP contribution in [0.25, 0.3) is 0 Å². The van der Waals surface area contributed by atoms with E-state index in [1.54, 1.807) is 0 Å². The summed E-state index contributed by atoms with van der Waals surface area (Å²) < 4.78 is 36.2. The molecule has 0 unspecified atom stereocenters. The van der Waals surface area contributed by atoms with Gasteiger partial charge in [-0.25, -0.2) is 4.98 Å². The van der Waals surface area contributed by atoms with Gasteiger partial charge in [0.05, 0.1) is 5.56 Å². The number of nitrogens with two attached hydrogens (primary N) is 1. The van der Waals surface area contributed by atoms with Crippen LogP contribution in [0.15, 0.2) is 16.7 Å². The Labute approximate surface area is 74.7 Å². The van der Waals surface area contributed by atoms with Crippen molar-refractivity contribution in [3.05, 3.63) is 22.3 Å². The summed E-state index contributed by atoms with van der Waals surface area (Å²) in [5.74, 6) is -0.148. The highest BCUT2D eigenvalue weighted by atomic mass is 79.9. The second-order valence-electron chi connectivity index (χ2n) is 2.09. The van der Waals surface area contributed by atoms with Gasteiger partial charge in [0.2, 0.25) is 0 Å². The number of nitrogen functional groups attached to an aromatic ring is 1. The van der Waals surface area contributed by atoms with Gasteiger partial charge < -0.3 is 5.73 Å². The minimum absolute atomic E-state index is 0.107.